The predicted molar refractivity (Wildman–Crippen MR) is 138 cm³/mol. The van der Waals surface area contributed by atoms with Crippen molar-refractivity contribution in [1.29, 1.82) is 5.26 Å². The maximum Gasteiger partial charge on any atom is 0.428 e. The number of rotatable bonds is 7. The molecule has 35 heavy (non-hydrogen) atoms. The van der Waals surface area contributed by atoms with Crippen LogP contribution in [0.2, 0.25) is 0 Å². The molecule has 1 aromatic carbocycles. The van der Waals surface area contributed by atoms with Gasteiger partial charge in [-0.05, 0) is 30.0 Å². The number of amides is 1. The van der Waals surface area contributed by atoms with Crippen LogP contribution >= 0.6 is 11.3 Å². The molecule has 0 saturated heterocycles. The van der Waals surface area contributed by atoms with Crippen LogP contribution in [-0.2, 0) is 34.0 Å². The van der Waals surface area contributed by atoms with E-state index in [1.54, 1.807) is 18.3 Å². The number of nitriles is 1. The van der Waals surface area contributed by atoms with Gasteiger partial charge in [-0.15, -0.1) is 11.3 Å². The Balaban J connectivity index is 2.11. The van der Waals surface area contributed by atoms with Crippen LogP contribution in [0.25, 0.3) is 11.1 Å². The molecule has 8 nitrogen and oxygen atoms in total. The molecule has 10 heteroatoms. The summed E-state index contributed by atoms with van der Waals surface area (Å²) in [6, 6.07) is 9.61. The van der Waals surface area contributed by atoms with Gasteiger partial charge in [0, 0.05) is 40.4 Å². The molecule has 2 heterocycles. The lowest BCUT2D eigenvalue weighted by Crippen LogP contribution is -2.28. The highest BCUT2D eigenvalue weighted by Gasteiger charge is 2.27. The Morgan fingerprint density at radius 1 is 1.26 bits per heavy atom. The normalized spacial score (nSPS) is 11.6. The molecule has 0 spiro atoms. The second-order valence-corrected chi connectivity index (χ2v) is 11.7. The standard InChI is InChI=1S/C25H30N4O4S2/c1-16(2)11-19-13-21(22(34-19)29(35(31)32)24(30)33-6)20-8-7-17(12-18(20)14-26)15-28-10-9-27-23(28)25(3,4)5/h7-10,12-13,16,35H,11,15H2,1-6H3. The summed E-state index contributed by atoms with van der Waals surface area (Å²) >= 11 is 1.21. The molecule has 0 aliphatic heterocycles. The smallest absolute Gasteiger partial charge is 0.428 e. The third-order valence-corrected chi connectivity index (χ3v) is 7.28. The number of thiol groups is 1. The number of imidazole rings is 1. The molecule has 3 rings (SSSR count). The largest absolute Gasteiger partial charge is 0.452 e. The minimum Gasteiger partial charge on any atom is -0.452 e. The van der Waals surface area contributed by atoms with Crippen LogP contribution in [0, 0.1) is 17.2 Å². The van der Waals surface area contributed by atoms with Crippen LogP contribution in [0.1, 0.15) is 56.4 Å². The fraction of sp³-hybridized carbons (Fsp3) is 0.400. The van der Waals surface area contributed by atoms with Crippen LogP contribution < -0.4 is 4.31 Å². The minimum atomic E-state index is -3.29. The van der Waals surface area contributed by atoms with Gasteiger partial charge in [-0.3, -0.25) is 0 Å². The summed E-state index contributed by atoms with van der Waals surface area (Å²) in [6.07, 6.45) is 3.39. The van der Waals surface area contributed by atoms with Crippen molar-refractivity contribution in [3.63, 3.8) is 0 Å². The second kappa shape index (κ2) is 10.6. The van der Waals surface area contributed by atoms with Crippen molar-refractivity contribution in [2.75, 3.05) is 11.4 Å². The van der Waals surface area contributed by atoms with Gasteiger partial charge >= 0.3 is 6.09 Å². The molecule has 0 fully saturated rings. The van der Waals surface area contributed by atoms with Gasteiger partial charge in [-0.25, -0.2) is 18.2 Å². The van der Waals surface area contributed by atoms with E-state index in [9.17, 15) is 18.5 Å². The molecule has 186 valence electrons. The van der Waals surface area contributed by atoms with Crippen molar-refractivity contribution < 1.29 is 17.9 Å². The van der Waals surface area contributed by atoms with Gasteiger partial charge in [0.2, 0.25) is 10.9 Å². The highest BCUT2D eigenvalue weighted by atomic mass is 32.2. The average Bonchev–Trinajstić information content (AvgIpc) is 3.40. The third kappa shape index (κ3) is 5.92. The summed E-state index contributed by atoms with van der Waals surface area (Å²) < 4.78 is 31.4. The minimum absolute atomic E-state index is 0.133. The maximum absolute atomic E-state index is 12.3. The van der Waals surface area contributed by atoms with Gasteiger partial charge in [-0.2, -0.15) is 9.57 Å². The highest BCUT2D eigenvalue weighted by Crippen LogP contribution is 2.42. The van der Waals surface area contributed by atoms with Crippen LogP contribution in [0.5, 0.6) is 0 Å². The van der Waals surface area contributed by atoms with E-state index in [1.807, 2.05) is 22.9 Å². The van der Waals surface area contributed by atoms with Gasteiger partial charge in [-0.1, -0.05) is 46.8 Å². The first-order valence-corrected chi connectivity index (χ1v) is 13.1. The molecular weight excluding hydrogens is 484 g/mol. The maximum atomic E-state index is 12.3. The number of carbonyl (C=O) groups is 1. The summed E-state index contributed by atoms with van der Waals surface area (Å²) in [5.74, 6) is 1.26. The molecule has 1 amide bonds. The summed E-state index contributed by atoms with van der Waals surface area (Å²) in [6.45, 7) is 10.9. The molecule has 3 aromatic rings. The lowest BCUT2D eigenvalue weighted by molar-refractivity contribution is 0.183. The number of hydrogen-bond acceptors (Lipinski definition) is 7. The Morgan fingerprint density at radius 3 is 2.54 bits per heavy atom. The van der Waals surface area contributed by atoms with E-state index in [-0.39, 0.29) is 10.4 Å². The monoisotopic (exact) mass is 514 g/mol. The summed E-state index contributed by atoms with van der Waals surface area (Å²) in [4.78, 5) is 17.7. The zero-order valence-corrected chi connectivity index (χ0v) is 22.4. The number of carbonyl (C=O) groups excluding carboxylic acids is 1. The summed E-state index contributed by atoms with van der Waals surface area (Å²) in [5.41, 5.74) is 2.24. The third-order valence-electron chi connectivity index (χ3n) is 5.31. The Hall–Kier alpha value is -3.16. The van der Waals surface area contributed by atoms with Crippen molar-refractivity contribution in [2.24, 2.45) is 5.92 Å². The topological polar surface area (TPSA) is 105 Å². The fourth-order valence-corrected chi connectivity index (χ4v) is 5.96. The molecule has 0 bridgehead atoms. The Morgan fingerprint density at radius 2 is 1.97 bits per heavy atom. The quantitative estimate of drug-likeness (QED) is 0.439. The lowest BCUT2D eigenvalue weighted by atomic mass is 9.95. The van der Waals surface area contributed by atoms with Gasteiger partial charge in [0.1, 0.15) is 10.8 Å². The summed E-state index contributed by atoms with van der Waals surface area (Å²) in [5, 5.41) is 10.2. The Labute approximate surface area is 211 Å². The van der Waals surface area contributed by atoms with Crippen molar-refractivity contribution in [2.45, 2.75) is 53.0 Å². The van der Waals surface area contributed by atoms with Crippen LogP contribution in [0.3, 0.4) is 0 Å². The number of hydrogen-bond donors (Lipinski definition) is 1. The van der Waals surface area contributed by atoms with Crippen molar-refractivity contribution in [3.8, 4) is 17.2 Å². The first-order valence-electron chi connectivity index (χ1n) is 11.2. The van der Waals surface area contributed by atoms with E-state index in [4.69, 9.17) is 4.74 Å². The van der Waals surface area contributed by atoms with E-state index in [0.717, 1.165) is 23.4 Å². The zero-order chi connectivity index (χ0) is 25.9. The van der Waals surface area contributed by atoms with E-state index in [2.05, 4.69) is 45.7 Å². The summed E-state index contributed by atoms with van der Waals surface area (Å²) in [7, 11) is -2.15. The van der Waals surface area contributed by atoms with Crippen LogP contribution in [0.4, 0.5) is 9.80 Å². The molecule has 0 saturated carbocycles. The molecule has 0 aliphatic rings. The van der Waals surface area contributed by atoms with Crippen molar-refractivity contribution in [3.05, 3.63) is 58.5 Å². The number of methoxy groups -OCH3 is 1. The van der Waals surface area contributed by atoms with Crippen LogP contribution in [0.15, 0.2) is 36.7 Å². The van der Waals surface area contributed by atoms with Crippen molar-refractivity contribution in [1.82, 2.24) is 9.55 Å². The van der Waals surface area contributed by atoms with Crippen LogP contribution in [-0.4, -0.2) is 31.2 Å². The molecule has 0 atom stereocenters. The number of ether oxygens (including phenoxy) is 1. The molecule has 0 N–H and O–H groups in total. The number of thiophene rings is 1. The number of aromatic nitrogens is 2. The van der Waals surface area contributed by atoms with Gasteiger partial charge in [0.15, 0.2) is 0 Å². The fourth-order valence-electron chi connectivity index (χ4n) is 3.89. The number of anilines is 1. The van der Waals surface area contributed by atoms with Gasteiger partial charge in [0.05, 0.1) is 18.7 Å². The Kier molecular flexibility index (Phi) is 8.03. The number of benzene rings is 1. The molecular formula is C25H30N4O4S2. The molecule has 0 radical (unpaired) electrons. The van der Waals surface area contributed by atoms with Gasteiger partial charge in [0.25, 0.3) is 0 Å². The molecule has 2 aromatic heterocycles. The first kappa shape index (κ1) is 26.4. The van der Waals surface area contributed by atoms with E-state index in [0.29, 0.717) is 39.9 Å². The van der Waals surface area contributed by atoms with E-state index >= 15 is 0 Å². The second-order valence-electron chi connectivity index (χ2n) is 9.67. The van der Waals surface area contributed by atoms with Crippen molar-refractivity contribution >= 4 is 33.3 Å². The lowest BCUT2D eigenvalue weighted by Gasteiger charge is -2.20. The van der Waals surface area contributed by atoms with E-state index < -0.39 is 17.0 Å². The predicted octanol–water partition coefficient (Wildman–Crippen LogP) is 5.13. The molecule has 0 unspecified atom stereocenters. The van der Waals surface area contributed by atoms with Gasteiger partial charge < -0.3 is 9.30 Å². The zero-order valence-electron chi connectivity index (χ0n) is 20.7. The Bertz CT molecular complexity index is 1330. The molecule has 0 aliphatic carbocycles. The first-order chi connectivity index (χ1) is 16.5. The number of nitrogens with zero attached hydrogens (tertiary/aromatic N) is 4. The van der Waals surface area contributed by atoms with E-state index in [1.165, 1.54) is 11.3 Å². The highest BCUT2D eigenvalue weighted by molar-refractivity contribution is 7.75. The average molecular weight is 515 g/mol. The SMILES string of the molecule is COC(=O)N(c1sc(CC(C)C)cc1-c1ccc(Cn2ccnc2C(C)(C)C)cc1C#N)[SH](=O)=O.